The van der Waals surface area contributed by atoms with Crippen molar-refractivity contribution in [2.24, 2.45) is 5.92 Å². The van der Waals surface area contributed by atoms with Gasteiger partial charge in [-0.15, -0.1) is 0 Å². The number of hydrogen-bond acceptors (Lipinski definition) is 4. The smallest absolute Gasteiger partial charge is 0.322 e. The van der Waals surface area contributed by atoms with Gasteiger partial charge in [-0.2, -0.15) is 17.7 Å². The lowest BCUT2D eigenvalue weighted by atomic mass is 9.99. The summed E-state index contributed by atoms with van der Waals surface area (Å²) in [7, 11) is 1.82. The van der Waals surface area contributed by atoms with Crippen LogP contribution in [0.5, 0.6) is 0 Å². The number of carbonyl (C=O) groups is 2. The molecule has 4 rings (SSSR count). The standard InChI is InChI=1S/C22H29N5O2S/c1-13-5-6-17(7-14(13)2)23-22(29)26-11-18-19(8-15(26)3)24-27-10-16(12-30)9-25(4)21(28)20(18)27/h5-7,15-16,30H,8-12H2,1-4H3,(H,23,29)/t15-,16+/m1/s1. The molecule has 0 unspecified atom stereocenters. The Morgan fingerprint density at radius 3 is 2.73 bits per heavy atom. The fourth-order valence-corrected chi connectivity index (χ4v) is 4.55. The van der Waals surface area contributed by atoms with Gasteiger partial charge in [0.05, 0.1) is 12.2 Å². The monoisotopic (exact) mass is 427 g/mol. The van der Waals surface area contributed by atoms with E-state index in [4.69, 9.17) is 5.10 Å². The molecule has 2 aliphatic rings. The molecule has 7 nitrogen and oxygen atoms in total. The van der Waals surface area contributed by atoms with Crippen molar-refractivity contribution in [3.05, 3.63) is 46.3 Å². The van der Waals surface area contributed by atoms with E-state index in [2.05, 4.69) is 17.9 Å². The molecule has 2 aliphatic heterocycles. The van der Waals surface area contributed by atoms with E-state index >= 15 is 0 Å². The summed E-state index contributed by atoms with van der Waals surface area (Å²) in [6, 6.07) is 5.75. The molecule has 3 amide bonds. The predicted octanol–water partition coefficient (Wildman–Crippen LogP) is 3.11. The van der Waals surface area contributed by atoms with Gasteiger partial charge in [-0.3, -0.25) is 9.48 Å². The molecule has 0 fully saturated rings. The van der Waals surface area contributed by atoms with Gasteiger partial charge in [-0.1, -0.05) is 6.07 Å². The highest BCUT2D eigenvalue weighted by molar-refractivity contribution is 7.80. The second kappa shape index (κ2) is 7.98. The van der Waals surface area contributed by atoms with Crippen molar-refractivity contribution >= 4 is 30.3 Å². The Morgan fingerprint density at radius 1 is 1.27 bits per heavy atom. The Kier molecular flexibility index (Phi) is 5.53. The minimum absolute atomic E-state index is 0.00306. The first-order valence-electron chi connectivity index (χ1n) is 10.4. The number of urea groups is 1. The molecule has 0 aliphatic carbocycles. The van der Waals surface area contributed by atoms with Crippen molar-refractivity contribution in [3.63, 3.8) is 0 Å². The molecule has 2 aromatic rings. The van der Waals surface area contributed by atoms with E-state index in [1.165, 1.54) is 5.56 Å². The van der Waals surface area contributed by atoms with Crippen LogP contribution < -0.4 is 5.32 Å². The minimum Gasteiger partial charge on any atom is -0.340 e. The van der Waals surface area contributed by atoms with Crippen LogP contribution in [0.1, 0.15) is 39.8 Å². The second-order valence-corrected chi connectivity index (χ2v) is 8.97. The van der Waals surface area contributed by atoms with Gasteiger partial charge in [0, 0.05) is 49.8 Å². The summed E-state index contributed by atoms with van der Waals surface area (Å²) in [5.41, 5.74) is 5.52. The highest BCUT2D eigenvalue weighted by Gasteiger charge is 2.36. The van der Waals surface area contributed by atoms with E-state index in [-0.39, 0.29) is 23.9 Å². The van der Waals surface area contributed by atoms with Crippen LogP contribution in [0.25, 0.3) is 0 Å². The normalized spacial score (nSPS) is 21.2. The summed E-state index contributed by atoms with van der Waals surface area (Å²) in [4.78, 5) is 29.7. The second-order valence-electron chi connectivity index (χ2n) is 8.60. The van der Waals surface area contributed by atoms with E-state index in [1.807, 2.05) is 50.7 Å². The van der Waals surface area contributed by atoms with E-state index < -0.39 is 0 Å². The number of nitrogens with zero attached hydrogens (tertiary/aromatic N) is 4. The summed E-state index contributed by atoms with van der Waals surface area (Å²) in [5, 5.41) is 7.78. The predicted molar refractivity (Wildman–Crippen MR) is 120 cm³/mol. The van der Waals surface area contributed by atoms with Crippen molar-refractivity contribution < 1.29 is 9.59 Å². The summed E-state index contributed by atoms with van der Waals surface area (Å²) in [5.74, 6) is 0.922. The lowest BCUT2D eigenvalue weighted by Crippen LogP contribution is -2.45. The Labute approximate surface area is 182 Å². The van der Waals surface area contributed by atoms with E-state index in [0.29, 0.717) is 37.5 Å². The molecule has 3 heterocycles. The molecule has 0 bridgehead atoms. The number of hydrogen-bond donors (Lipinski definition) is 2. The fraction of sp³-hybridized carbons (Fsp3) is 0.500. The number of nitrogens with one attached hydrogen (secondary N) is 1. The summed E-state index contributed by atoms with van der Waals surface area (Å²) in [6.45, 7) is 7.82. The average Bonchev–Trinajstić information content (AvgIpc) is 2.99. The van der Waals surface area contributed by atoms with Gasteiger partial charge in [-0.25, -0.2) is 4.79 Å². The Hall–Kier alpha value is -2.48. The lowest BCUT2D eigenvalue weighted by Gasteiger charge is -2.33. The first kappa shape index (κ1) is 20.8. The molecule has 0 saturated carbocycles. The number of anilines is 1. The van der Waals surface area contributed by atoms with Gasteiger partial charge < -0.3 is 15.1 Å². The number of rotatable bonds is 2. The first-order chi connectivity index (χ1) is 14.3. The molecule has 1 N–H and O–H groups in total. The summed E-state index contributed by atoms with van der Waals surface area (Å²) >= 11 is 4.44. The topological polar surface area (TPSA) is 70.5 Å². The molecule has 0 spiro atoms. The third-order valence-corrected chi connectivity index (χ3v) is 6.79. The van der Waals surface area contributed by atoms with Gasteiger partial charge in [-0.05, 0) is 49.8 Å². The molecule has 0 radical (unpaired) electrons. The number of thiol groups is 1. The molecule has 30 heavy (non-hydrogen) atoms. The lowest BCUT2D eigenvalue weighted by molar-refractivity contribution is 0.0781. The number of fused-ring (bicyclic) bond motifs is 3. The maximum Gasteiger partial charge on any atom is 0.322 e. The summed E-state index contributed by atoms with van der Waals surface area (Å²) in [6.07, 6.45) is 0.637. The van der Waals surface area contributed by atoms with Gasteiger partial charge >= 0.3 is 6.03 Å². The largest absolute Gasteiger partial charge is 0.340 e. The van der Waals surface area contributed by atoms with Crippen molar-refractivity contribution in [2.45, 2.75) is 46.3 Å². The van der Waals surface area contributed by atoms with Crippen molar-refractivity contribution in [1.82, 2.24) is 19.6 Å². The maximum absolute atomic E-state index is 13.1. The fourth-order valence-electron chi connectivity index (χ4n) is 4.32. The van der Waals surface area contributed by atoms with Crippen LogP contribution in [0.2, 0.25) is 0 Å². The van der Waals surface area contributed by atoms with Crippen molar-refractivity contribution in [2.75, 3.05) is 24.7 Å². The average molecular weight is 428 g/mol. The number of carbonyl (C=O) groups excluding carboxylic acids is 2. The molecule has 1 aromatic carbocycles. The van der Waals surface area contributed by atoms with Gasteiger partial charge in [0.15, 0.2) is 0 Å². The third-order valence-electron chi connectivity index (χ3n) is 6.27. The third kappa shape index (κ3) is 3.69. The number of aryl methyl sites for hydroxylation is 2. The van der Waals surface area contributed by atoms with E-state index in [9.17, 15) is 9.59 Å². The van der Waals surface area contributed by atoms with E-state index in [1.54, 1.807) is 9.80 Å². The zero-order chi connectivity index (χ0) is 21.6. The SMILES string of the molecule is Cc1ccc(NC(=O)N2Cc3c(nn4c3C(=O)N(C)C[C@H](CS)C4)C[C@H]2C)cc1C. The molecule has 1 aromatic heterocycles. The van der Waals surface area contributed by atoms with Gasteiger partial charge in [0.25, 0.3) is 5.91 Å². The Bertz CT molecular complexity index is 1000. The number of amides is 3. The molecular formula is C22H29N5O2S. The van der Waals surface area contributed by atoms with Crippen LogP contribution in [0.3, 0.4) is 0 Å². The quantitative estimate of drug-likeness (QED) is 0.724. The van der Waals surface area contributed by atoms with Crippen LogP contribution >= 0.6 is 12.6 Å². The van der Waals surface area contributed by atoms with Crippen LogP contribution in [0.4, 0.5) is 10.5 Å². The number of benzene rings is 1. The highest BCUT2D eigenvalue weighted by Crippen LogP contribution is 2.29. The summed E-state index contributed by atoms with van der Waals surface area (Å²) < 4.78 is 1.84. The molecular weight excluding hydrogens is 398 g/mol. The molecule has 8 heteroatoms. The van der Waals surface area contributed by atoms with Crippen LogP contribution in [0, 0.1) is 19.8 Å². The van der Waals surface area contributed by atoms with Gasteiger partial charge in [0.2, 0.25) is 0 Å². The minimum atomic E-state index is -0.154. The zero-order valence-corrected chi connectivity index (χ0v) is 18.9. The zero-order valence-electron chi connectivity index (χ0n) is 18.0. The number of aromatic nitrogens is 2. The Balaban J connectivity index is 1.61. The maximum atomic E-state index is 13.1. The van der Waals surface area contributed by atoms with E-state index in [0.717, 1.165) is 22.5 Å². The molecule has 2 atom stereocenters. The van der Waals surface area contributed by atoms with Gasteiger partial charge in [0.1, 0.15) is 5.69 Å². The molecule has 0 saturated heterocycles. The van der Waals surface area contributed by atoms with Crippen LogP contribution in [-0.2, 0) is 19.5 Å². The van der Waals surface area contributed by atoms with Crippen molar-refractivity contribution in [3.8, 4) is 0 Å². The molecule has 160 valence electrons. The first-order valence-corrected chi connectivity index (χ1v) is 11.0. The van der Waals surface area contributed by atoms with Crippen LogP contribution in [0.15, 0.2) is 18.2 Å². The van der Waals surface area contributed by atoms with Crippen LogP contribution in [-0.4, -0.2) is 56.9 Å². The highest BCUT2D eigenvalue weighted by atomic mass is 32.1. The van der Waals surface area contributed by atoms with Crippen molar-refractivity contribution in [1.29, 1.82) is 0 Å². The Morgan fingerprint density at radius 2 is 2.03 bits per heavy atom.